The molecule has 1 aliphatic rings. The molecule has 2 aromatic carbocycles. The molecule has 1 aromatic heterocycles. The molecule has 6 heteroatoms. The van der Waals surface area contributed by atoms with Crippen LogP contribution in [0, 0.1) is 0 Å². The number of anilines is 1. The van der Waals surface area contributed by atoms with Crippen LogP contribution < -0.4 is 15.0 Å². The normalized spacial score (nSPS) is 15.5. The predicted molar refractivity (Wildman–Crippen MR) is 122 cm³/mol. The van der Waals surface area contributed by atoms with E-state index in [-0.39, 0.29) is 11.9 Å². The van der Waals surface area contributed by atoms with E-state index < -0.39 is 0 Å². The summed E-state index contributed by atoms with van der Waals surface area (Å²) in [5, 5.41) is 3.08. The molecule has 0 bridgehead atoms. The molecule has 1 N–H and O–H groups in total. The molecule has 1 unspecified atom stereocenters. The highest BCUT2D eigenvalue weighted by molar-refractivity contribution is 5.94. The molecule has 3 aromatic rings. The van der Waals surface area contributed by atoms with Crippen molar-refractivity contribution in [3.05, 3.63) is 84.3 Å². The minimum atomic E-state index is -0.0949. The number of benzene rings is 2. The van der Waals surface area contributed by atoms with Crippen molar-refractivity contribution in [3.63, 3.8) is 0 Å². The Balaban J connectivity index is 1.38. The third kappa shape index (κ3) is 5.27. The average Bonchev–Trinajstić information content (AvgIpc) is 3.35. The van der Waals surface area contributed by atoms with Crippen molar-refractivity contribution in [1.82, 2.24) is 10.2 Å². The van der Waals surface area contributed by atoms with E-state index in [1.54, 1.807) is 18.4 Å². The highest BCUT2D eigenvalue weighted by Gasteiger charge is 2.27. The van der Waals surface area contributed by atoms with Gasteiger partial charge in [-0.2, -0.15) is 0 Å². The maximum Gasteiger partial charge on any atom is 0.251 e. The summed E-state index contributed by atoms with van der Waals surface area (Å²) in [6.45, 7) is 6.72. The van der Waals surface area contributed by atoms with Gasteiger partial charge in [-0.25, -0.2) is 0 Å². The van der Waals surface area contributed by atoms with Gasteiger partial charge in [-0.05, 0) is 55.5 Å². The molecule has 1 atom stereocenters. The van der Waals surface area contributed by atoms with Crippen molar-refractivity contribution in [1.29, 1.82) is 0 Å². The van der Waals surface area contributed by atoms with Gasteiger partial charge in [0.2, 0.25) is 0 Å². The molecule has 1 amide bonds. The summed E-state index contributed by atoms with van der Waals surface area (Å²) < 4.78 is 11.2. The fraction of sp³-hybridized carbons (Fsp3) is 0.320. The summed E-state index contributed by atoms with van der Waals surface area (Å²) in [6, 6.07) is 21.6. The molecule has 1 saturated heterocycles. The van der Waals surface area contributed by atoms with Crippen molar-refractivity contribution < 1.29 is 13.9 Å². The van der Waals surface area contributed by atoms with E-state index in [4.69, 9.17) is 9.15 Å². The Labute approximate surface area is 183 Å². The number of hydrogen-bond donors (Lipinski definition) is 1. The molecule has 1 aliphatic heterocycles. The molecule has 1 fully saturated rings. The number of carbonyl (C=O) groups is 1. The summed E-state index contributed by atoms with van der Waals surface area (Å²) in [5.41, 5.74) is 1.87. The minimum Gasteiger partial charge on any atom is -0.494 e. The van der Waals surface area contributed by atoms with Crippen LogP contribution in [0.5, 0.6) is 5.75 Å². The number of carbonyl (C=O) groups excluding carboxylic acids is 1. The Morgan fingerprint density at radius 3 is 2.39 bits per heavy atom. The van der Waals surface area contributed by atoms with E-state index >= 15 is 0 Å². The third-order valence-electron chi connectivity index (χ3n) is 5.63. The first-order chi connectivity index (χ1) is 15.2. The number of ether oxygens (including phenoxy) is 1. The number of nitrogens with zero attached hydrogens (tertiary/aromatic N) is 2. The summed E-state index contributed by atoms with van der Waals surface area (Å²) in [4.78, 5) is 17.5. The molecule has 4 rings (SSSR count). The molecular weight excluding hydrogens is 390 g/mol. The fourth-order valence-corrected chi connectivity index (χ4v) is 3.98. The number of piperazine rings is 1. The van der Waals surface area contributed by atoms with Crippen molar-refractivity contribution in [3.8, 4) is 5.75 Å². The number of nitrogens with one attached hydrogen (secondary N) is 1. The van der Waals surface area contributed by atoms with Crippen molar-refractivity contribution in [2.24, 2.45) is 0 Å². The van der Waals surface area contributed by atoms with E-state index in [2.05, 4.69) is 39.4 Å². The van der Waals surface area contributed by atoms with E-state index in [1.165, 1.54) is 5.69 Å². The first kappa shape index (κ1) is 21.0. The maximum absolute atomic E-state index is 12.7. The zero-order valence-electron chi connectivity index (χ0n) is 17.9. The van der Waals surface area contributed by atoms with Gasteiger partial charge in [0, 0.05) is 44.0 Å². The van der Waals surface area contributed by atoms with Crippen LogP contribution in [0.4, 0.5) is 5.69 Å². The molecule has 0 radical (unpaired) electrons. The SMILES string of the molecule is CCOc1ccc(C(=O)NCC(c2ccco2)N2CCN(c3ccccc3)CC2)cc1. The summed E-state index contributed by atoms with van der Waals surface area (Å²) in [5.74, 6) is 1.55. The Morgan fingerprint density at radius 1 is 1.00 bits per heavy atom. The molecule has 162 valence electrons. The van der Waals surface area contributed by atoms with Crippen LogP contribution in [0.3, 0.4) is 0 Å². The number of amides is 1. The lowest BCUT2D eigenvalue weighted by molar-refractivity contribution is 0.0923. The lowest BCUT2D eigenvalue weighted by atomic mass is 10.1. The Hall–Kier alpha value is -3.25. The first-order valence-corrected chi connectivity index (χ1v) is 10.8. The molecule has 0 spiro atoms. The topological polar surface area (TPSA) is 58.0 Å². The smallest absolute Gasteiger partial charge is 0.251 e. The van der Waals surface area contributed by atoms with Gasteiger partial charge >= 0.3 is 0 Å². The molecule has 0 aliphatic carbocycles. The Morgan fingerprint density at radius 2 is 1.74 bits per heavy atom. The Kier molecular flexibility index (Phi) is 6.89. The van der Waals surface area contributed by atoms with Gasteiger partial charge < -0.3 is 19.4 Å². The quantitative estimate of drug-likeness (QED) is 0.599. The van der Waals surface area contributed by atoms with Gasteiger partial charge in [0.15, 0.2) is 0 Å². The third-order valence-corrected chi connectivity index (χ3v) is 5.63. The zero-order chi connectivity index (χ0) is 21.5. The van der Waals surface area contributed by atoms with Gasteiger partial charge in [-0.3, -0.25) is 9.69 Å². The molecule has 2 heterocycles. The van der Waals surface area contributed by atoms with Crippen molar-refractivity contribution >= 4 is 11.6 Å². The van der Waals surface area contributed by atoms with Crippen LogP contribution in [-0.4, -0.2) is 50.1 Å². The van der Waals surface area contributed by atoms with Gasteiger partial charge in [-0.1, -0.05) is 18.2 Å². The summed E-state index contributed by atoms with van der Waals surface area (Å²) in [7, 11) is 0. The zero-order valence-corrected chi connectivity index (χ0v) is 17.9. The highest BCUT2D eigenvalue weighted by Crippen LogP contribution is 2.24. The van der Waals surface area contributed by atoms with E-state index in [1.807, 2.05) is 37.3 Å². The predicted octanol–water partition coefficient (Wildman–Crippen LogP) is 3.97. The maximum atomic E-state index is 12.7. The standard InChI is InChI=1S/C25H29N3O3/c1-2-30-22-12-10-20(11-13-22)25(29)26-19-23(24-9-6-18-31-24)28-16-14-27(15-17-28)21-7-4-3-5-8-21/h3-13,18,23H,2,14-17,19H2,1H3,(H,26,29). The second-order valence-corrected chi connectivity index (χ2v) is 7.56. The van der Waals surface area contributed by atoms with E-state index in [0.717, 1.165) is 37.7 Å². The molecule has 6 nitrogen and oxygen atoms in total. The van der Waals surface area contributed by atoms with E-state index in [0.29, 0.717) is 18.7 Å². The first-order valence-electron chi connectivity index (χ1n) is 10.8. The number of hydrogen-bond acceptors (Lipinski definition) is 5. The molecular formula is C25H29N3O3. The highest BCUT2D eigenvalue weighted by atomic mass is 16.5. The number of para-hydroxylation sites is 1. The van der Waals surface area contributed by atoms with Crippen LogP contribution in [0.15, 0.2) is 77.4 Å². The van der Waals surface area contributed by atoms with Gasteiger partial charge in [0.05, 0.1) is 18.9 Å². The van der Waals surface area contributed by atoms with Crippen LogP contribution in [0.1, 0.15) is 29.1 Å². The van der Waals surface area contributed by atoms with Crippen LogP contribution in [0.25, 0.3) is 0 Å². The van der Waals surface area contributed by atoms with Gasteiger partial charge in [-0.15, -0.1) is 0 Å². The monoisotopic (exact) mass is 419 g/mol. The van der Waals surface area contributed by atoms with Crippen molar-refractivity contribution in [2.45, 2.75) is 13.0 Å². The second-order valence-electron chi connectivity index (χ2n) is 7.56. The van der Waals surface area contributed by atoms with Crippen molar-refractivity contribution in [2.75, 3.05) is 44.2 Å². The average molecular weight is 420 g/mol. The second kappa shape index (κ2) is 10.2. The largest absolute Gasteiger partial charge is 0.494 e. The summed E-state index contributed by atoms with van der Waals surface area (Å²) in [6.07, 6.45) is 1.69. The number of rotatable bonds is 8. The minimum absolute atomic E-state index is 0.000397. The Bertz CT molecular complexity index is 934. The van der Waals surface area contributed by atoms with Gasteiger partial charge in [0.1, 0.15) is 11.5 Å². The van der Waals surface area contributed by atoms with Gasteiger partial charge in [0.25, 0.3) is 5.91 Å². The van der Waals surface area contributed by atoms with Crippen LogP contribution >= 0.6 is 0 Å². The lowest BCUT2D eigenvalue weighted by Crippen LogP contribution is -2.49. The molecule has 31 heavy (non-hydrogen) atoms. The molecule has 0 saturated carbocycles. The van der Waals surface area contributed by atoms with E-state index in [9.17, 15) is 4.79 Å². The fourth-order valence-electron chi connectivity index (χ4n) is 3.98. The summed E-state index contributed by atoms with van der Waals surface area (Å²) >= 11 is 0. The van der Waals surface area contributed by atoms with Crippen LogP contribution in [-0.2, 0) is 0 Å². The number of furan rings is 1. The lowest BCUT2D eigenvalue weighted by Gasteiger charge is -2.39. The van der Waals surface area contributed by atoms with Crippen LogP contribution in [0.2, 0.25) is 0 Å².